The molecule has 0 spiro atoms. The van der Waals surface area contributed by atoms with Gasteiger partial charge in [0.25, 0.3) is 0 Å². The van der Waals surface area contributed by atoms with Crippen molar-refractivity contribution in [1.29, 1.82) is 21.0 Å². The fourth-order valence-electron chi connectivity index (χ4n) is 8.83. The van der Waals surface area contributed by atoms with Crippen LogP contribution in [0.4, 0.5) is 0 Å². The van der Waals surface area contributed by atoms with Crippen molar-refractivity contribution in [3.05, 3.63) is 238 Å². The number of benzene rings is 8. The maximum atomic E-state index is 13.8. The number of ether oxygens (including phenoxy) is 4. The normalized spacial score (nSPS) is 11.8. The molecule has 0 aliphatic rings. The van der Waals surface area contributed by atoms with Crippen molar-refractivity contribution >= 4 is 9.84 Å². The average molecular weight is 1010 g/mol. The molecule has 0 unspecified atom stereocenters. The van der Waals surface area contributed by atoms with Crippen LogP contribution in [0, 0.1) is 45.3 Å². The molecular formula is C64H54N4O6S. The van der Waals surface area contributed by atoms with Gasteiger partial charge in [-0.25, -0.2) is 8.42 Å². The zero-order chi connectivity index (χ0) is 53.8. The van der Waals surface area contributed by atoms with E-state index in [1.165, 1.54) is 0 Å². The van der Waals surface area contributed by atoms with Gasteiger partial charge in [-0.3, -0.25) is 0 Å². The Morgan fingerprint density at radius 3 is 0.960 bits per heavy atom. The van der Waals surface area contributed by atoms with Gasteiger partial charge >= 0.3 is 0 Å². The summed E-state index contributed by atoms with van der Waals surface area (Å²) in [6.45, 7) is 16.5. The van der Waals surface area contributed by atoms with Gasteiger partial charge in [-0.1, -0.05) is 100 Å². The number of hydrogen-bond donors (Lipinski definition) is 0. The molecule has 0 heterocycles. The molecule has 8 aromatic carbocycles. The molecule has 0 aliphatic carbocycles. The highest BCUT2D eigenvalue weighted by atomic mass is 32.2. The van der Waals surface area contributed by atoms with E-state index in [0.29, 0.717) is 45.6 Å². The summed E-state index contributed by atoms with van der Waals surface area (Å²) in [6, 6.07) is 62.8. The minimum absolute atomic E-state index is 0.134. The van der Waals surface area contributed by atoms with Gasteiger partial charge in [-0.05, 0) is 170 Å². The molecule has 0 bridgehead atoms. The van der Waals surface area contributed by atoms with Crippen LogP contribution in [0.15, 0.2) is 192 Å². The second kappa shape index (κ2) is 20.8. The third-order valence-electron chi connectivity index (χ3n) is 13.7. The Bertz CT molecular complexity index is 3670. The third kappa shape index (κ3) is 11.3. The molecule has 0 fully saturated rings. The molecular weight excluding hydrogens is 953 g/mol. The van der Waals surface area contributed by atoms with Gasteiger partial charge in [0, 0.05) is 10.8 Å². The van der Waals surface area contributed by atoms with E-state index in [1.54, 1.807) is 84.9 Å². The Kier molecular flexibility index (Phi) is 14.5. The van der Waals surface area contributed by atoms with E-state index in [0.717, 1.165) is 33.4 Å². The molecule has 0 saturated heterocycles. The molecule has 0 aromatic heterocycles. The first-order chi connectivity index (χ1) is 35.7. The van der Waals surface area contributed by atoms with Crippen molar-refractivity contribution in [2.45, 2.75) is 87.2 Å². The van der Waals surface area contributed by atoms with Gasteiger partial charge in [-0.2, -0.15) is 21.0 Å². The van der Waals surface area contributed by atoms with Gasteiger partial charge in [0.2, 0.25) is 9.84 Å². The fraction of sp³-hybridized carbons (Fsp3) is 0.188. The summed E-state index contributed by atoms with van der Waals surface area (Å²) in [6.07, 6.45) is 0. The molecule has 0 radical (unpaired) electrons. The van der Waals surface area contributed by atoms with Gasteiger partial charge in [0.15, 0.2) is 0 Å². The summed E-state index contributed by atoms with van der Waals surface area (Å²) in [5.74, 6) is 3.22. The van der Waals surface area contributed by atoms with Gasteiger partial charge < -0.3 is 18.9 Å². The molecule has 10 nitrogen and oxygen atoms in total. The Hall–Kier alpha value is -9.13. The van der Waals surface area contributed by atoms with E-state index in [2.05, 4.69) is 58.0 Å². The molecule has 372 valence electrons. The summed E-state index contributed by atoms with van der Waals surface area (Å²) < 4.78 is 52.4. The van der Waals surface area contributed by atoms with Gasteiger partial charge in [0.1, 0.15) is 70.0 Å². The predicted molar refractivity (Wildman–Crippen MR) is 288 cm³/mol. The number of rotatable bonds is 16. The van der Waals surface area contributed by atoms with Crippen LogP contribution >= 0.6 is 0 Å². The molecule has 0 aliphatic heterocycles. The topological polar surface area (TPSA) is 166 Å². The Morgan fingerprint density at radius 1 is 0.320 bits per heavy atom. The van der Waals surface area contributed by atoms with Crippen LogP contribution < -0.4 is 18.9 Å². The summed E-state index contributed by atoms with van der Waals surface area (Å²) >= 11 is 0. The number of nitriles is 4. The highest BCUT2D eigenvalue weighted by Gasteiger charge is 2.29. The maximum absolute atomic E-state index is 13.8. The van der Waals surface area contributed by atoms with E-state index < -0.39 is 21.0 Å². The SMILES string of the molecule is CC(C)(Oc1ccc(S(=O)(=O)c2ccc(Oc3ccc(C(C)(C)c4ccc(C(C)(C)Oc5ccc(C#N)c(C#N)c5)cc4)cc3)cc2)cc1)c1ccc(C(C)(C)c2ccc(Oc3ccc(C#N)c(C#N)c3)cc2)cc1. The minimum Gasteiger partial charge on any atom is -0.483 e. The maximum Gasteiger partial charge on any atom is 0.206 e. The lowest BCUT2D eigenvalue weighted by atomic mass is 9.77. The first-order valence-corrected chi connectivity index (χ1v) is 25.7. The zero-order valence-corrected chi connectivity index (χ0v) is 43.8. The summed E-state index contributed by atoms with van der Waals surface area (Å²) in [5, 5.41) is 37.4. The number of hydrogen-bond acceptors (Lipinski definition) is 10. The van der Waals surface area contributed by atoms with Crippen LogP contribution in [-0.2, 0) is 31.9 Å². The smallest absolute Gasteiger partial charge is 0.206 e. The summed E-state index contributed by atoms with van der Waals surface area (Å²) in [4.78, 5) is 0.271. The van der Waals surface area contributed by atoms with Crippen molar-refractivity contribution < 1.29 is 27.4 Å². The predicted octanol–water partition coefficient (Wildman–Crippen LogP) is 14.9. The average Bonchev–Trinajstić information content (AvgIpc) is 3.41. The first kappa shape index (κ1) is 52.2. The van der Waals surface area contributed by atoms with Crippen LogP contribution in [0.2, 0.25) is 0 Å². The second-order valence-corrected chi connectivity index (χ2v) is 22.1. The largest absolute Gasteiger partial charge is 0.483 e. The molecule has 11 heteroatoms. The molecule has 75 heavy (non-hydrogen) atoms. The van der Waals surface area contributed by atoms with Crippen LogP contribution in [0.5, 0.6) is 34.5 Å². The minimum atomic E-state index is -3.85. The van der Waals surface area contributed by atoms with Crippen LogP contribution in [0.1, 0.15) is 111 Å². The Morgan fingerprint density at radius 2 is 0.587 bits per heavy atom. The quantitative estimate of drug-likeness (QED) is 0.0909. The first-order valence-electron chi connectivity index (χ1n) is 24.2. The van der Waals surface area contributed by atoms with Crippen LogP contribution in [0.3, 0.4) is 0 Å². The van der Waals surface area contributed by atoms with E-state index in [4.69, 9.17) is 18.9 Å². The summed E-state index contributed by atoms with van der Waals surface area (Å²) in [7, 11) is -3.85. The molecule has 0 N–H and O–H groups in total. The van der Waals surface area contributed by atoms with Crippen molar-refractivity contribution in [2.75, 3.05) is 0 Å². The second-order valence-electron chi connectivity index (χ2n) is 20.2. The zero-order valence-electron chi connectivity index (χ0n) is 43.0. The number of nitrogens with zero attached hydrogens (tertiary/aromatic N) is 4. The van der Waals surface area contributed by atoms with E-state index in [1.807, 2.05) is 119 Å². The fourth-order valence-corrected chi connectivity index (χ4v) is 10.1. The molecule has 0 saturated carbocycles. The lowest BCUT2D eigenvalue weighted by Gasteiger charge is -2.30. The summed E-state index contributed by atoms with van der Waals surface area (Å²) in [5.41, 5.74) is 5.22. The van der Waals surface area contributed by atoms with Crippen LogP contribution in [0.25, 0.3) is 0 Å². The molecule has 0 atom stereocenters. The Labute approximate surface area is 439 Å². The van der Waals surface area contributed by atoms with E-state index in [9.17, 15) is 29.5 Å². The molecule has 8 aromatic rings. The lowest BCUT2D eigenvalue weighted by Crippen LogP contribution is -2.26. The highest BCUT2D eigenvalue weighted by molar-refractivity contribution is 7.91. The number of sulfone groups is 1. The van der Waals surface area contributed by atoms with Crippen molar-refractivity contribution in [2.24, 2.45) is 0 Å². The van der Waals surface area contributed by atoms with E-state index in [-0.39, 0.29) is 31.7 Å². The standard InChI is InChI=1S/C64H54N4O6S/c1-61(2,48-13-17-52(18-14-48)64(7,8)74-58-24-10-44(40-66)46(38-58)42-68)49-19-25-53(26-20-49)71-55-29-33-59(34-30-55)75(69,70)60-35-31-56(32-36-60)73-63(5,6)51-15-11-47(12-16-51)62(3,4)50-21-27-54(28-22-50)72-57-23-9-43(39-65)45(37-57)41-67/h9-38H,1-8H3. The van der Waals surface area contributed by atoms with Gasteiger partial charge in [-0.15, -0.1) is 0 Å². The molecule has 8 rings (SSSR count). The van der Waals surface area contributed by atoms with Crippen molar-refractivity contribution in [1.82, 2.24) is 0 Å². The monoisotopic (exact) mass is 1010 g/mol. The van der Waals surface area contributed by atoms with Gasteiger partial charge in [0.05, 0.1) is 32.0 Å². The van der Waals surface area contributed by atoms with Crippen molar-refractivity contribution in [3.8, 4) is 58.8 Å². The van der Waals surface area contributed by atoms with Crippen molar-refractivity contribution in [3.63, 3.8) is 0 Å². The molecule has 0 amide bonds. The van der Waals surface area contributed by atoms with Crippen LogP contribution in [-0.4, -0.2) is 8.42 Å². The van der Waals surface area contributed by atoms with E-state index >= 15 is 0 Å². The Balaban J connectivity index is 0.855. The third-order valence-corrected chi connectivity index (χ3v) is 15.5. The lowest BCUT2D eigenvalue weighted by molar-refractivity contribution is 0.108. The highest BCUT2D eigenvalue weighted by Crippen LogP contribution is 2.38.